The van der Waals surface area contributed by atoms with Crippen LogP contribution in [0.3, 0.4) is 0 Å². The van der Waals surface area contributed by atoms with Crippen LogP contribution in [0.4, 0.5) is 4.39 Å². The second-order valence-electron chi connectivity index (χ2n) is 6.89. The maximum absolute atomic E-state index is 13.8. The Labute approximate surface area is 120 Å². The molecule has 0 unspecified atom stereocenters. The van der Waals surface area contributed by atoms with E-state index in [-0.39, 0.29) is 5.56 Å². The Bertz CT molecular complexity index is 504. The van der Waals surface area contributed by atoms with E-state index in [0.717, 1.165) is 0 Å². The van der Waals surface area contributed by atoms with Gasteiger partial charge in [0.15, 0.2) is 0 Å². The molecule has 1 fully saturated rings. The number of hydrogen-bond acceptors (Lipinski definition) is 3. The van der Waals surface area contributed by atoms with E-state index in [9.17, 15) is 9.50 Å². The highest BCUT2D eigenvalue weighted by Gasteiger charge is 2.51. The van der Waals surface area contributed by atoms with Gasteiger partial charge < -0.3 is 14.4 Å². The third-order valence-electron chi connectivity index (χ3n) is 4.17. The highest BCUT2D eigenvalue weighted by atomic mass is 19.1. The quantitative estimate of drug-likeness (QED) is 0.845. The van der Waals surface area contributed by atoms with Crippen LogP contribution in [0.25, 0.3) is 0 Å². The second-order valence-corrected chi connectivity index (χ2v) is 6.89. The summed E-state index contributed by atoms with van der Waals surface area (Å²) in [7, 11) is -0.554. The van der Waals surface area contributed by atoms with Crippen molar-refractivity contribution in [1.29, 1.82) is 0 Å². The Morgan fingerprint density at radius 3 is 2.05 bits per heavy atom. The monoisotopic (exact) mass is 280 g/mol. The summed E-state index contributed by atoms with van der Waals surface area (Å²) in [5.41, 5.74) is -1.18. The van der Waals surface area contributed by atoms with Crippen LogP contribution in [0.2, 0.25) is 0 Å². The molecule has 0 aromatic heterocycles. The molecule has 0 atom stereocenters. The molecule has 0 spiro atoms. The molecule has 3 nitrogen and oxygen atoms in total. The molecule has 0 saturated carbocycles. The first-order chi connectivity index (χ1) is 8.94. The van der Waals surface area contributed by atoms with E-state index in [0.29, 0.717) is 5.46 Å². The molecular weight excluding hydrogens is 258 g/mol. The van der Waals surface area contributed by atoms with Crippen molar-refractivity contribution in [2.75, 3.05) is 0 Å². The number of benzene rings is 1. The minimum Gasteiger partial charge on any atom is -0.399 e. The molecule has 0 bridgehead atoms. The van der Waals surface area contributed by atoms with Crippen molar-refractivity contribution < 1.29 is 18.8 Å². The third kappa shape index (κ3) is 2.62. The lowest BCUT2D eigenvalue weighted by atomic mass is 9.77. The molecule has 1 aliphatic rings. The minimum atomic E-state index is -1.25. The van der Waals surface area contributed by atoms with Gasteiger partial charge in [-0.15, -0.1) is 0 Å². The first-order valence-corrected chi connectivity index (χ1v) is 6.82. The molecule has 1 heterocycles. The summed E-state index contributed by atoms with van der Waals surface area (Å²) in [5.74, 6) is -0.433. The first kappa shape index (κ1) is 15.5. The fourth-order valence-electron chi connectivity index (χ4n) is 2.14. The van der Waals surface area contributed by atoms with Crippen LogP contribution in [-0.4, -0.2) is 23.4 Å². The van der Waals surface area contributed by atoms with Gasteiger partial charge in [0.2, 0.25) is 0 Å². The summed E-state index contributed by atoms with van der Waals surface area (Å²) in [6, 6.07) is 4.58. The predicted octanol–water partition coefficient (Wildman–Crippen LogP) is 2.35. The van der Waals surface area contributed by atoms with Crippen molar-refractivity contribution in [2.24, 2.45) is 0 Å². The van der Waals surface area contributed by atoms with Crippen LogP contribution in [0.5, 0.6) is 0 Å². The molecular formula is C15H22BFO3. The summed E-state index contributed by atoms with van der Waals surface area (Å²) in [5, 5.41) is 10.0. The zero-order chi connectivity index (χ0) is 15.3. The van der Waals surface area contributed by atoms with E-state index in [4.69, 9.17) is 9.31 Å². The van der Waals surface area contributed by atoms with Gasteiger partial charge in [-0.25, -0.2) is 4.39 Å². The SMILES string of the molecule is CC(C)(O)c1cc(B2OC(C)(C)C(C)(C)O2)ccc1F. The maximum Gasteiger partial charge on any atom is 0.494 e. The van der Waals surface area contributed by atoms with Crippen molar-refractivity contribution in [3.63, 3.8) is 0 Å². The van der Waals surface area contributed by atoms with Gasteiger partial charge in [0, 0.05) is 5.56 Å². The Hall–Kier alpha value is -0.905. The molecule has 1 aromatic rings. The second kappa shape index (κ2) is 4.55. The van der Waals surface area contributed by atoms with Gasteiger partial charge in [-0.05, 0) is 53.1 Å². The van der Waals surface area contributed by atoms with Gasteiger partial charge in [0.25, 0.3) is 0 Å². The van der Waals surface area contributed by atoms with Crippen LogP contribution in [0.15, 0.2) is 18.2 Å². The van der Waals surface area contributed by atoms with E-state index in [1.54, 1.807) is 26.0 Å². The van der Waals surface area contributed by atoms with Gasteiger partial charge in [0.05, 0.1) is 16.8 Å². The van der Waals surface area contributed by atoms with Crippen LogP contribution in [-0.2, 0) is 14.9 Å². The standard InChI is InChI=1S/C15H22BFO3/c1-13(2,18)11-9-10(7-8-12(11)17)16-19-14(3,4)15(5,6)20-16/h7-9,18H,1-6H3. The van der Waals surface area contributed by atoms with Crippen molar-refractivity contribution in [1.82, 2.24) is 0 Å². The highest BCUT2D eigenvalue weighted by Crippen LogP contribution is 2.36. The maximum atomic E-state index is 13.8. The zero-order valence-corrected chi connectivity index (χ0v) is 13.0. The average Bonchev–Trinajstić information content (AvgIpc) is 2.47. The fourth-order valence-corrected chi connectivity index (χ4v) is 2.14. The molecule has 1 saturated heterocycles. The van der Waals surface area contributed by atoms with Crippen LogP contribution >= 0.6 is 0 Å². The van der Waals surface area contributed by atoms with Gasteiger partial charge in [-0.1, -0.05) is 12.1 Å². The molecule has 2 rings (SSSR count). The Morgan fingerprint density at radius 2 is 1.60 bits per heavy atom. The molecule has 5 heteroatoms. The lowest BCUT2D eigenvalue weighted by Crippen LogP contribution is -2.41. The number of halogens is 1. The topological polar surface area (TPSA) is 38.7 Å². The lowest BCUT2D eigenvalue weighted by molar-refractivity contribution is 0.00578. The van der Waals surface area contributed by atoms with Gasteiger partial charge in [-0.2, -0.15) is 0 Å². The van der Waals surface area contributed by atoms with Crippen LogP contribution in [0, 0.1) is 5.82 Å². The van der Waals surface area contributed by atoms with Gasteiger partial charge in [-0.3, -0.25) is 0 Å². The Balaban J connectivity index is 2.37. The van der Waals surface area contributed by atoms with E-state index >= 15 is 0 Å². The summed E-state index contributed by atoms with van der Waals surface area (Å²) < 4.78 is 25.7. The molecule has 1 aromatic carbocycles. The molecule has 1 aliphatic heterocycles. The summed E-state index contributed by atoms with van der Waals surface area (Å²) in [6.45, 7) is 11.0. The highest BCUT2D eigenvalue weighted by molar-refractivity contribution is 6.62. The minimum absolute atomic E-state index is 0.240. The van der Waals surface area contributed by atoms with Gasteiger partial charge in [0.1, 0.15) is 5.82 Å². The number of hydrogen-bond donors (Lipinski definition) is 1. The van der Waals surface area contributed by atoms with Crippen LogP contribution in [0.1, 0.15) is 47.1 Å². The van der Waals surface area contributed by atoms with Crippen LogP contribution < -0.4 is 5.46 Å². The molecule has 0 aliphatic carbocycles. The number of rotatable bonds is 2. The van der Waals surface area contributed by atoms with Crippen molar-refractivity contribution in [3.05, 3.63) is 29.6 Å². The predicted molar refractivity (Wildman–Crippen MR) is 77.4 cm³/mol. The largest absolute Gasteiger partial charge is 0.494 e. The number of aliphatic hydroxyl groups is 1. The third-order valence-corrected chi connectivity index (χ3v) is 4.17. The molecule has 0 amide bonds. The molecule has 20 heavy (non-hydrogen) atoms. The lowest BCUT2D eigenvalue weighted by Gasteiger charge is -2.32. The summed E-state index contributed by atoms with van der Waals surface area (Å²) in [6.07, 6.45) is 0. The van der Waals surface area contributed by atoms with Crippen molar-refractivity contribution >= 4 is 12.6 Å². The average molecular weight is 280 g/mol. The normalized spacial score (nSPS) is 21.3. The smallest absolute Gasteiger partial charge is 0.399 e. The van der Waals surface area contributed by atoms with Gasteiger partial charge >= 0.3 is 7.12 Å². The van der Waals surface area contributed by atoms with E-state index < -0.39 is 29.7 Å². The van der Waals surface area contributed by atoms with E-state index in [1.165, 1.54) is 6.07 Å². The summed E-state index contributed by atoms with van der Waals surface area (Å²) >= 11 is 0. The van der Waals surface area contributed by atoms with Crippen molar-refractivity contribution in [2.45, 2.75) is 58.3 Å². The fraction of sp³-hybridized carbons (Fsp3) is 0.600. The zero-order valence-electron chi connectivity index (χ0n) is 13.0. The first-order valence-electron chi connectivity index (χ1n) is 6.82. The van der Waals surface area contributed by atoms with Crippen molar-refractivity contribution in [3.8, 4) is 0 Å². The Morgan fingerprint density at radius 1 is 1.10 bits per heavy atom. The molecule has 110 valence electrons. The summed E-state index contributed by atoms with van der Waals surface area (Å²) in [4.78, 5) is 0. The Kier molecular flexibility index (Phi) is 3.52. The molecule has 1 N–H and O–H groups in total. The van der Waals surface area contributed by atoms with E-state index in [2.05, 4.69) is 0 Å². The van der Waals surface area contributed by atoms with E-state index in [1.807, 2.05) is 27.7 Å². The molecule has 0 radical (unpaired) electrons.